The van der Waals surface area contributed by atoms with Gasteiger partial charge in [-0.25, -0.2) is 4.39 Å². The molecule has 5 aromatic heterocycles. The van der Waals surface area contributed by atoms with E-state index >= 15 is 0 Å². The summed E-state index contributed by atoms with van der Waals surface area (Å²) in [5, 5.41) is 13.0. The van der Waals surface area contributed by atoms with E-state index in [2.05, 4.69) is 48.1 Å². The standard InChI is InChI=1S/C32H28FN7/c1-19(20-6-3-2-4-7-20)37-24-13-22(16-34-17-24)28-14-26-30(18-36-28)39-40-32(26)29-15-25-27(38-29)10-11-35-31(25)21-8-5-9-23(33)12-21/h5,8-18,20,37-38H,1-4,6-7H2,(H,39,40). The van der Waals surface area contributed by atoms with Gasteiger partial charge in [-0.05, 0) is 55.2 Å². The van der Waals surface area contributed by atoms with Gasteiger partial charge in [0.25, 0.3) is 0 Å². The average molecular weight is 530 g/mol. The van der Waals surface area contributed by atoms with Crippen LogP contribution in [0.4, 0.5) is 10.1 Å². The average Bonchev–Trinajstić information content (AvgIpc) is 3.61. The number of allylic oxidation sites excluding steroid dienone is 1. The van der Waals surface area contributed by atoms with Gasteiger partial charge in [-0.15, -0.1) is 0 Å². The molecule has 0 radical (unpaired) electrons. The van der Waals surface area contributed by atoms with Gasteiger partial charge in [0.05, 0.1) is 40.7 Å². The molecule has 7 nitrogen and oxygen atoms in total. The number of nitrogens with zero attached hydrogens (tertiary/aromatic N) is 4. The molecule has 0 atom stereocenters. The molecule has 1 aliphatic rings. The third-order valence-corrected chi connectivity index (χ3v) is 7.79. The van der Waals surface area contributed by atoms with E-state index in [9.17, 15) is 4.39 Å². The van der Waals surface area contributed by atoms with Gasteiger partial charge in [0, 0.05) is 45.5 Å². The van der Waals surface area contributed by atoms with Gasteiger partial charge in [-0.1, -0.05) is 38.0 Å². The highest BCUT2D eigenvalue weighted by molar-refractivity contribution is 6.00. The fourth-order valence-electron chi connectivity index (χ4n) is 5.71. The van der Waals surface area contributed by atoms with Crippen LogP contribution in [0.15, 0.2) is 85.6 Å². The second kappa shape index (κ2) is 10.0. The Morgan fingerprint density at radius 2 is 1.75 bits per heavy atom. The summed E-state index contributed by atoms with van der Waals surface area (Å²) < 4.78 is 13.9. The second-order valence-corrected chi connectivity index (χ2v) is 10.4. The molecule has 3 N–H and O–H groups in total. The summed E-state index contributed by atoms with van der Waals surface area (Å²) >= 11 is 0. The van der Waals surface area contributed by atoms with Crippen molar-refractivity contribution in [2.75, 3.05) is 5.32 Å². The number of hydrogen-bond donors (Lipinski definition) is 3. The fourth-order valence-corrected chi connectivity index (χ4v) is 5.71. The van der Waals surface area contributed by atoms with Crippen LogP contribution >= 0.6 is 0 Å². The van der Waals surface area contributed by atoms with Crippen molar-refractivity contribution in [2.24, 2.45) is 5.92 Å². The molecule has 0 amide bonds. The quantitative estimate of drug-likeness (QED) is 0.204. The molecule has 6 aromatic rings. The number of halogens is 1. The first-order valence-electron chi connectivity index (χ1n) is 13.6. The predicted molar refractivity (Wildman–Crippen MR) is 157 cm³/mol. The Bertz CT molecular complexity index is 1860. The van der Waals surface area contributed by atoms with Crippen molar-refractivity contribution >= 4 is 27.5 Å². The van der Waals surface area contributed by atoms with Crippen LogP contribution in [0, 0.1) is 11.7 Å². The summed E-state index contributed by atoms with van der Waals surface area (Å²) in [5.41, 5.74) is 8.45. The third-order valence-electron chi connectivity index (χ3n) is 7.79. The number of pyridine rings is 3. The van der Waals surface area contributed by atoms with Gasteiger partial charge in [0.2, 0.25) is 0 Å². The lowest BCUT2D eigenvalue weighted by atomic mass is 9.87. The van der Waals surface area contributed by atoms with Gasteiger partial charge in [0.1, 0.15) is 11.5 Å². The first kappa shape index (κ1) is 24.2. The summed E-state index contributed by atoms with van der Waals surface area (Å²) in [6, 6.07) is 14.5. The smallest absolute Gasteiger partial charge is 0.123 e. The number of nitrogens with one attached hydrogen (secondary N) is 3. The number of rotatable bonds is 6. The zero-order valence-electron chi connectivity index (χ0n) is 21.9. The van der Waals surface area contributed by atoms with Crippen LogP contribution in [0.5, 0.6) is 0 Å². The summed E-state index contributed by atoms with van der Waals surface area (Å²) in [4.78, 5) is 17.2. The van der Waals surface area contributed by atoms with E-state index in [1.807, 2.05) is 36.7 Å². The van der Waals surface area contributed by atoms with Crippen LogP contribution in [0.3, 0.4) is 0 Å². The van der Waals surface area contributed by atoms with Crippen molar-refractivity contribution in [1.29, 1.82) is 0 Å². The molecule has 198 valence electrons. The largest absolute Gasteiger partial charge is 0.358 e. The van der Waals surface area contributed by atoms with Crippen molar-refractivity contribution < 1.29 is 4.39 Å². The minimum absolute atomic E-state index is 0.294. The molecule has 40 heavy (non-hydrogen) atoms. The second-order valence-electron chi connectivity index (χ2n) is 10.4. The number of hydrogen-bond acceptors (Lipinski definition) is 5. The molecule has 0 spiro atoms. The molecule has 0 bridgehead atoms. The summed E-state index contributed by atoms with van der Waals surface area (Å²) in [6.45, 7) is 4.31. The first-order valence-corrected chi connectivity index (χ1v) is 13.6. The topological polar surface area (TPSA) is 95.2 Å². The van der Waals surface area contributed by atoms with Crippen LogP contribution in [-0.4, -0.2) is 30.1 Å². The molecule has 1 aliphatic carbocycles. The molecule has 1 fully saturated rings. The lowest BCUT2D eigenvalue weighted by Gasteiger charge is -2.24. The highest BCUT2D eigenvalue weighted by atomic mass is 19.1. The summed E-state index contributed by atoms with van der Waals surface area (Å²) in [5.74, 6) is 0.214. The molecule has 8 heteroatoms. The Morgan fingerprint density at radius 3 is 2.62 bits per heavy atom. The Kier molecular flexibility index (Phi) is 6.07. The first-order chi connectivity index (χ1) is 19.6. The molecule has 1 aromatic carbocycles. The van der Waals surface area contributed by atoms with Crippen molar-refractivity contribution in [2.45, 2.75) is 32.1 Å². The number of anilines is 1. The van der Waals surface area contributed by atoms with E-state index in [1.165, 1.54) is 44.2 Å². The van der Waals surface area contributed by atoms with Crippen LogP contribution in [0.2, 0.25) is 0 Å². The maximum Gasteiger partial charge on any atom is 0.123 e. The SMILES string of the molecule is C=C(Nc1cncc(-c2cc3c(-c4cc5c(-c6cccc(F)c6)nccc5[nH]4)n[nH]c3cn2)c1)C1CCCCC1. The summed E-state index contributed by atoms with van der Waals surface area (Å²) in [6.07, 6.45) is 13.4. The molecule has 1 saturated carbocycles. The summed E-state index contributed by atoms with van der Waals surface area (Å²) in [7, 11) is 0. The van der Waals surface area contributed by atoms with E-state index < -0.39 is 0 Å². The monoisotopic (exact) mass is 529 g/mol. The Hall–Kier alpha value is -4.85. The zero-order valence-corrected chi connectivity index (χ0v) is 21.9. The van der Waals surface area contributed by atoms with E-state index in [0.29, 0.717) is 11.6 Å². The van der Waals surface area contributed by atoms with E-state index in [4.69, 9.17) is 0 Å². The molecule has 5 heterocycles. The van der Waals surface area contributed by atoms with Crippen LogP contribution in [0.1, 0.15) is 32.1 Å². The van der Waals surface area contributed by atoms with Crippen LogP contribution in [0.25, 0.3) is 55.7 Å². The zero-order chi connectivity index (χ0) is 27.1. The molecular weight excluding hydrogens is 501 g/mol. The van der Waals surface area contributed by atoms with Gasteiger partial charge in [-0.3, -0.25) is 20.1 Å². The van der Waals surface area contributed by atoms with Crippen molar-refractivity contribution in [1.82, 2.24) is 30.1 Å². The lowest BCUT2D eigenvalue weighted by Crippen LogP contribution is -2.14. The van der Waals surface area contributed by atoms with E-state index in [-0.39, 0.29) is 5.82 Å². The van der Waals surface area contributed by atoms with Crippen molar-refractivity contribution in [3.63, 3.8) is 0 Å². The molecule has 7 rings (SSSR count). The molecule has 0 aliphatic heterocycles. The van der Waals surface area contributed by atoms with Gasteiger partial charge < -0.3 is 10.3 Å². The van der Waals surface area contributed by atoms with Crippen LogP contribution in [-0.2, 0) is 0 Å². The molecule has 0 saturated heterocycles. The van der Waals surface area contributed by atoms with Gasteiger partial charge in [-0.2, -0.15) is 5.10 Å². The predicted octanol–water partition coefficient (Wildman–Crippen LogP) is 7.88. The highest BCUT2D eigenvalue weighted by Gasteiger charge is 2.18. The fraction of sp³-hybridized carbons (Fsp3) is 0.188. The maximum absolute atomic E-state index is 13.9. The Labute approximate surface area is 230 Å². The number of aromatic amines is 2. The number of fused-ring (bicyclic) bond motifs is 2. The number of benzene rings is 1. The van der Waals surface area contributed by atoms with E-state index in [1.54, 1.807) is 18.5 Å². The van der Waals surface area contributed by atoms with Crippen LogP contribution < -0.4 is 5.32 Å². The number of H-pyrrole nitrogens is 2. The van der Waals surface area contributed by atoms with Crippen molar-refractivity contribution in [3.8, 4) is 33.9 Å². The Balaban J connectivity index is 1.23. The van der Waals surface area contributed by atoms with Crippen molar-refractivity contribution in [3.05, 3.63) is 91.4 Å². The highest BCUT2D eigenvalue weighted by Crippen LogP contribution is 2.35. The third kappa shape index (κ3) is 4.51. The maximum atomic E-state index is 13.9. The minimum Gasteiger partial charge on any atom is -0.358 e. The van der Waals surface area contributed by atoms with Gasteiger partial charge >= 0.3 is 0 Å². The molecule has 0 unspecified atom stereocenters. The lowest BCUT2D eigenvalue weighted by molar-refractivity contribution is 0.405. The molecular formula is C32H28FN7. The minimum atomic E-state index is -0.294. The van der Waals surface area contributed by atoms with Gasteiger partial charge in [0.15, 0.2) is 0 Å². The normalized spacial score (nSPS) is 14.1. The van der Waals surface area contributed by atoms with E-state index in [0.717, 1.165) is 61.4 Å². The number of aromatic nitrogens is 6. The Morgan fingerprint density at radius 1 is 0.875 bits per heavy atom.